The number of Topliss-reactive ketones (excluding diaryl/α,β-unsaturated/α-hetero) is 1. The number of benzene rings is 2. The summed E-state index contributed by atoms with van der Waals surface area (Å²) < 4.78 is 18.7. The molecule has 20 heavy (non-hydrogen) atoms. The molecule has 0 fully saturated rings. The number of carbonyl (C=O) groups excluding carboxylic acids is 1. The quantitative estimate of drug-likeness (QED) is 0.837. The minimum atomic E-state index is -0.409. The number of rotatable bonds is 5. The van der Waals surface area contributed by atoms with Gasteiger partial charge in [-0.3, -0.25) is 4.79 Å². The van der Waals surface area contributed by atoms with Crippen molar-refractivity contribution in [2.45, 2.75) is 12.8 Å². The summed E-state index contributed by atoms with van der Waals surface area (Å²) in [6.07, 6.45) is 0.271. The van der Waals surface area contributed by atoms with Crippen molar-refractivity contribution in [3.63, 3.8) is 0 Å². The Balaban J connectivity index is 2.07. The average molecular weight is 293 g/mol. The smallest absolute Gasteiger partial charge is 0.141 e. The third-order valence-electron chi connectivity index (χ3n) is 2.93. The van der Waals surface area contributed by atoms with Crippen LogP contribution in [0.4, 0.5) is 4.39 Å². The lowest BCUT2D eigenvalue weighted by atomic mass is 10.0. The minimum Gasteiger partial charge on any atom is -0.497 e. The molecule has 0 unspecified atom stereocenters. The Kier molecular flexibility index (Phi) is 4.74. The van der Waals surface area contributed by atoms with Crippen molar-refractivity contribution >= 4 is 17.4 Å². The second-order valence-corrected chi connectivity index (χ2v) is 4.92. The maximum Gasteiger partial charge on any atom is 0.141 e. The molecule has 0 radical (unpaired) electrons. The van der Waals surface area contributed by atoms with E-state index in [4.69, 9.17) is 16.3 Å². The van der Waals surface area contributed by atoms with Gasteiger partial charge in [-0.15, -0.1) is 0 Å². The van der Waals surface area contributed by atoms with E-state index in [-0.39, 0.29) is 18.6 Å². The van der Waals surface area contributed by atoms with Gasteiger partial charge in [0.05, 0.1) is 7.11 Å². The van der Waals surface area contributed by atoms with Crippen LogP contribution in [-0.4, -0.2) is 12.9 Å². The largest absolute Gasteiger partial charge is 0.497 e. The summed E-state index contributed by atoms with van der Waals surface area (Å²) in [7, 11) is 1.57. The number of halogens is 2. The molecular formula is C16H14ClFO2. The van der Waals surface area contributed by atoms with Crippen LogP contribution in [0.2, 0.25) is 5.02 Å². The fourth-order valence-corrected chi connectivity index (χ4v) is 2.16. The highest BCUT2D eigenvalue weighted by Crippen LogP contribution is 2.17. The molecule has 0 aliphatic rings. The van der Waals surface area contributed by atoms with E-state index >= 15 is 0 Å². The molecule has 2 aromatic rings. The van der Waals surface area contributed by atoms with Gasteiger partial charge >= 0.3 is 0 Å². The predicted octanol–water partition coefficient (Wildman–Crippen LogP) is 3.84. The number of ether oxygens (including phenoxy) is 1. The van der Waals surface area contributed by atoms with Gasteiger partial charge in [-0.05, 0) is 41.5 Å². The lowest BCUT2D eigenvalue weighted by Crippen LogP contribution is -2.08. The zero-order valence-electron chi connectivity index (χ0n) is 11.0. The van der Waals surface area contributed by atoms with Crippen molar-refractivity contribution < 1.29 is 13.9 Å². The van der Waals surface area contributed by atoms with Crippen molar-refractivity contribution in [3.05, 3.63) is 64.4 Å². The van der Waals surface area contributed by atoms with Crippen LogP contribution in [0, 0.1) is 5.82 Å². The normalized spacial score (nSPS) is 10.3. The van der Waals surface area contributed by atoms with Crippen molar-refractivity contribution in [2.24, 2.45) is 0 Å². The Morgan fingerprint density at radius 1 is 1.20 bits per heavy atom. The fourth-order valence-electron chi connectivity index (χ4n) is 1.96. The molecule has 0 spiro atoms. The summed E-state index contributed by atoms with van der Waals surface area (Å²) >= 11 is 5.81. The van der Waals surface area contributed by atoms with Crippen molar-refractivity contribution in [1.29, 1.82) is 0 Å². The molecule has 0 aliphatic carbocycles. The van der Waals surface area contributed by atoms with E-state index in [1.54, 1.807) is 13.2 Å². The molecule has 0 bridgehead atoms. The standard InChI is InChI=1S/C16H14ClFO2/c1-20-15-4-2-3-11(8-15)7-14(19)10-12-9-13(17)5-6-16(12)18/h2-6,8-9H,7,10H2,1H3. The van der Waals surface area contributed by atoms with E-state index in [2.05, 4.69) is 0 Å². The third-order valence-corrected chi connectivity index (χ3v) is 3.17. The van der Waals surface area contributed by atoms with Gasteiger partial charge in [-0.25, -0.2) is 4.39 Å². The zero-order chi connectivity index (χ0) is 14.5. The van der Waals surface area contributed by atoms with Crippen molar-refractivity contribution in [2.75, 3.05) is 7.11 Å². The highest BCUT2D eigenvalue weighted by molar-refractivity contribution is 6.30. The van der Waals surface area contributed by atoms with E-state index in [1.807, 2.05) is 18.2 Å². The predicted molar refractivity (Wildman–Crippen MR) is 76.8 cm³/mol. The number of methoxy groups -OCH3 is 1. The van der Waals surface area contributed by atoms with Crippen molar-refractivity contribution in [1.82, 2.24) is 0 Å². The molecule has 2 aromatic carbocycles. The van der Waals surface area contributed by atoms with E-state index in [0.29, 0.717) is 16.3 Å². The number of hydrogen-bond donors (Lipinski definition) is 0. The first kappa shape index (κ1) is 14.5. The molecule has 0 aliphatic heterocycles. The Morgan fingerprint density at radius 3 is 2.75 bits per heavy atom. The molecule has 104 valence electrons. The number of hydrogen-bond acceptors (Lipinski definition) is 2. The second-order valence-electron chi connectivity index (χ2n) is 4.48. The van der Waals surface area contributed by atoms with Crippen LogP contribution in [-0.2, 0) is 17.6 Å². The summed E-state index contributed by atoms with van der Waals surface area (Å²) in [5.41, 5.74) is 1.17. The summed E-state index contributed by atoms with van der Waals surface area (Å²) in [6, 6.07) is 11.5. The molecule has 0 amide bonds. The van der Waals surface area contributed by atoms with E-state index in [9.17, 15) is 9.18 Å². The van der Waals surface area contributed by atoms with Crippen LogP contribution in [0.15, 0.2) is 42.5 Å². The highest BCUT2D eigenvalue weighted by Gasteiger charge is 2.10. The van der Waals surface area contributed by atoms with E-state index in [1.165, 1.54) is 18.2 Å². The third kappa shape index (κ3) is 3.81. The Bertz CT molecular complexity index is 626. The van der Waals surface area contributed by atoms with Crippen LogP contribution in [0.5, 0.6) is 5.75 Å². The van der Waals surface area contributed by atoms with Gasteiger partial charge in [-0.2, -0.15) is 0 Å². The van der Waals surface area contributed by atoms with E-state index in [0.717, 1.165) is 5.56 Å². The molecule has 2 nitrogen and oxygen atoms in total. The average Bonchev–Trinajstić information content (AvgIpc) is 2.43. The van der Waals surface area contributed by atoms with Gasteiger partial charge in [-0.1, -0.05) is 23.7 Å². The lowest BCUT2D eigenvalue weighted by molar-refractivity contribution is -0.117. The highest BCUT2D eigenvalue weighted by atomic mass is 35.5. The van der Waals surface area contributed by atoms with Gasteiger partial charge in [0.1, 0.15) is 17.3 Å². The summed E-state index contributed by atoms with van der Waals surface area (Å²) in [5.74, 6) is 0.219. The first-order valence-corrected chi connectivity index (χ1v) is 6.55. The molecule has 2 rings (SSSR count). The van der Waals surface area contributed by atoms with Gasteiger partial charge < -0.3 is 4.74 Å². The van der Waals surface area contributed by atoms with E-state index < -0.39 is 5.82 Å². The molecule has 0 heterocycles. The van der Waals surface area contributed by atoms with Gasteiger partial charge in [0.15, 0.2) is 0 Å². The molecule has 0 saturated carbocycles. The van der Waals surface area contributed by atoms with Crippen LogP contribution >= 0.6 is 11.6 Å². The summed E-state index contributed by atoms with van der Waals surface area (Å²) in [4.78, 5) is 12.0. The van der Waals surface area contributed by atoms with Crippen LogP contribution in [0.3, 0.4) is 0 Å². The number of ketones is 1. The summed E-state index contributed by atoms with van der Waals surface area (Å²) in [6.45, 7) is 0. The molecule has 0 saturated heterocycles. The number of carbonyl (C=O) groups is 1. The molecular weight excluding hydrogens is 279 g/mol. The topological polar surface area (TPSA) is 26.3 Å². The first-order chi connectivity index (χ1) is 9.58. The summed E-state index contributed by atoms with van der Waals surface area (Å²) in [5, 5.41) is 0.426. The Hall–Kier alpha value is -1.87. The van der Waals surface area contributed by atoms with Gasteiger partial charge in [0, 0.05) is 17.9 Å². The van der Waals surface area contributed by atoms with Crippen LogP contribution < -0.4 is 4.74 Å². The molecule has 0 N–H and O–H groups in total. The Labute approximate surface area is 122 Å². The fraction of sp³-hybridized carbons (Fsp3) is 0.188. The maximum atomic E-state index is 13.6. The molecule has 0 atom stereocenters. The molecule has 4 heteroatoms. The van der Waals surface area contributed by atoms with Crippen LogP contribution in [0.25, 0.3) is 0 Å². The van der Waals surface area contributed by atoms with Gasteiger partial charge in [0.2, 0.25) is 0 Å². The maximum absolute atomic E-state index is 13.6. The van der Waals surface area contributed by atoms with Crippen molar-refractivity contribution in [3.8, 4) is 5.75 Å². The Morgan fingerprint density at radius 2 is 2.00 bits per heavy atom. The molecule has 0 aromatic heterocycles. The monoisotopic (exact) mass is 292 g/mol. The first-order valence-electron chi connectivity index (χ1n) is 6.17. The minimum absolute atomic E-state index is 0.0314. The zero-order valence-corrected chi connectivity index (χ0v) is 11.8. The lowest BCUT2D eigenvalue weighted by Gasteiger charge is -2.05. The SMILES string of the molecule is COc1cccc(CC(=O)Cc2cc(Cl)ccc2F)c1. The second kappa shape index (κ2) is 6.53. The van der Waals surface area contributed by atoms with Gasteiger partial charge in [0.25, 0.3) is 0 Å². The van der Waals surface area contributed by atoms with Crippen LogP contribution in [0.1, 0.15) is 11.1 Å².